The molecule has 0 aromatic heterocycles. The van der Waals surface area contributed by atoms with Crippen LogP contribution in [0.2, 0.25) is 0 Å². The van der Waals surface area contributed by atoms with Crippen LogP contribution in [0.1, 0.15) is 37.3 Å². The van der Waals surface area contributed by atoms with Crippen LogP contribution in [0.25, 0.3) is 0 Å². The molecule has 122 valence electrons. The lowest BCUT2D eigenvalue weighted by Gasteiger charge is -2.25. The number of likely N-dealkylation sites (N-methyl/N-ethyl adjacent to an activating group) is 1. The van der Waals surface area contributed by atoms with Crippen molar-refractivity contribution in [2.75, 3.05) is 13.6 Å². The summed E-state index contributed by atoms with van der Waals surface area (Å²) in [7, 11) is 1.63. The van der Waals surface area contributed by atoms with Gasteiger partial charge in [-0.2, -0.15) is 13.2 Å². The first-order valence-electron chi connectivity index (χ1n) is 7.13. The first kappa shape index (κ1) is 16.8. The fourth-order valence-corrected chi connectivity index (χ4v) is 2.70. The largest absolute Gasteiger partial charge is 0.416 e. The van der Waals surface area contributed by atoms with E-state index >= 15 is 0 Å². The van der Waals surface area contributed by atoms with Gasteiger partial charge in [-0.25, -0.2) is 0 Å². The van der Waals surface area contributed by atoms with E-state index in [0.717, 1.165) is 17.7 Å². The van der Waals surface area contributed by atoms with Crippen molar-refractivity contribution in [1.29, 1.82) is 0 Å². The van der Waals surface area contributed by atoms with Gasteiger partial charge < -0.3 is 10.0 Å². The van der Waals surface area contributed by atoms with Crippen LogP contribution >= 0.6 is 0 Å². The zero-order chi connectivity index (χ0) is 16.7. The maximum atomic E-state index is 12.5. The van der Waals surface area contributed by atoms with E-state index in [2.05, 4.69) is 0 Å². The minimum atomic E-state index is -4.34. The van der Waals surface area contributed by atoms with Gasteiger partial charge in [0.1, 0.15) is 0 Å². The van der Waals surface area contributed by atoms with Crippen LogP contribution in [0, 0.1) is 5.92 Å². The molecule has 3 nitrogen and oxygen atoms in total. The number of alkyl halides is 3. The Balaban J connectivity index is 1.99. The average molecular weight is 315 g/mol. The zero-order valence-corrected chi connectivity index (χ0v) is 12.8. The van der Waals surface area contributed by atoms with E-state index < -0.39 is 17.3 Å². The lowest BCUT2D eigenvalue weighted by Crippen LogP contribution is -2.40. The summed E-state index contributed by atoms with van der Waals surface area (Å²) >= 11 is 0. The molecule has 1 fully saturated rings. The lowest BCUT2D eigenvalue weighted by molar-refractivity contribution is -0.137. The number of carbonyl (C=O) groups is 1. The smallest absolute Gasteiger partial charge is 0.389 e. The number of carbonyl (C=O) groups excluding carboxylic acids is 1. The maximum Gasteiger partial charge on any atom is 0.416 e. The fraction of sp³-hybridized carbons (Fsp3) is 0.562. The molecule has 1 amide bonds. The predicted molar refractivity (Wildman–Crippen MR) is 76.2 cm³/mol. The fourth-order valence-electron chi connectivity index (χ4n) is 2.70. The third kappa shape index (κ3) is 4.00. The Morgan fingerprint density at radius 2 is 1.82 bits per heavy atom. The molecule has 1 aliphatic carbocycles. The molecule has 1 aliphatic rings. The second-order valence-corrected chi connectivity index (χ2v) is 6.58. The molecule has 0 bridgehead atoms. The SMILES string of the molecule is CN(CC(C)(C)O)C(=O)C1CC1c1ccc(C(F)(F)F)cc1. The van der Waals surface area contributed by atoms with Crippen molar-refractivity contribution in [3.63, 3.8) is 0 Å². The molecule has 1 aromatic rings. The van der Waals surface area contributed by atoms with Gasteiger partial charge in [-0.3, -0.25) is 4.79 Å². The molecule has 0 spiro atoms. The summed E-state index contributed by atoms with van der Waals surface area (Å²) in [6, 6.07) is 4.99. The number of aliphatic hydroxyl groups is 1. The molecule has 0 saturated heterocycles. The van der Waals surface area contributed by atoms with Crippen molar-refractivity contribution in [2.45, 2.75) is 38.0 Å². The second kappa shape index (κ2) is 5.57. The maximum absolute atomic E-state index is 12.5. The summed E-state index contributed by atoms with van der Waals surface area (Å²) in [5.41, 5.74) is -0.898. The standard InChI is InChI=1S/C16H20F3NO2/c1-15(2,22)9-20(3)14(21)13-8-12(13)10-4-6-11(7-5-10)16(17,18)19/h4-7,12-13,22H,8-9H2,1-3H3. The van der Waals surface area contributed by atoms with E-state index in [4.69, 9.17) is 0 Å². The first-order valence-corrected chi connectivity index (χ1v) is 7.13. The molecule has 2 atom stereocenters. The monoisotopic (exact) mass is 315 g/mol. The van der Waals surface area contributed by atoms with Crippen molar-refractivity contribution >= 4 is 5.91 Å². The van der Waals surface area contributed by atoms with Crippen molar-refractivity contribution in [1.82, 2.24) is 4.90 Å². The highest BCUT2D eigenvalue weighted by atomic mass is 19.4. The highest BCUT2D eigenvalue weighted by Gasteiger charge is 2.45. The first-order chi connectivity index (χ1) is 9.99. The highest BCUT2D eigenvalue weighted by Crippen LogP contribution is 2.48. The van der Waals surface area contributed by atoms with E-state index in [1.54, 1.807) is 20.9 Å². The molecule has 1 saturated carbocycles. The molecule has 0 aliphatic heterocycles. The Hall–Kier alpha value is -1.56. The lowest BCUT2D eigenvalue weighted by atomic mass is 10.1. The number of benzene rings is 1. The minimum absolute atomic E-state index is 0.0287. The second-order valence-electron chi connectivity index (χ2n) is 6.58. The van der Waals surface area contributed by atoms with Gasteiger partial charge in [-0.05, 0) is 43.9 Å². The minimum Gasteiger partial charge on any atom is -0.389 e. The topological polar surface area (TPSA) is 40.5 Å². The van der Waals surface area contributed by atoms with Crippen LogP contribution in [0.3, 0.4) is 0 Å². The van der Waals surface area contributed by atoms with Crippen LogP contribution in [0.15, 0.2) is 24.3 Å². The summed E-state index contributed by atoms with van der Waals surface area (Å²) in [5.74, 6) is -0.310. The number of rotatable bonds is 4. The summed E-state index contributed by atoms with van der Waals surface area (Å²) in [4.78, 5) is 13.7. The van der Waals surface area contributed by atoms with E-state index in [1.165, 1.54) is 17.0 Å². The van der Waals surface area contributed by atoms with Gasteiger partial charge in [0.2, 0.25) is 5.91 Å². The summed E-state index contributed by atoms with van der Waals surface area (Å²) in [5, 5.41) is 9.73. The molecular weight excluding hydrogens is 295 g/mol. The van der Waals surface area contributed by atoms with Crippen LogP contribution < -0.4 is 0 Å². The number of amides is 1. The van der Waals surface area contributed by atoms with E-state index in [0.29, 0.717) is 6.42 Å². The van der Waals surface area contributed by atoms with Gasteiger partial charge in [-0.1, -0.05) is 12.1 Å². The Bertz CT molecular complexity index is 546. The molecular formula is C16H20F3NO2. The van der Waals surface area contributed by atoms with E-state index in [9.17, 15) is 23.1 Å². The molecule has 22 heavy (non-hydrogen) atoms. The Morgan fingerprint density at radius 3 is 2.27 bits per heavy atom. The molecule has 6 heteroatoms. The number of nitrogens with zero attached hydrogens (tertiary/aromatic N) is 1. The molecule has 0 radical (unpaired) electrons. The van der Waals surface area contributed by atoms with Crippen LogP contribution in [-0.4, -0.2) is 35.1 Å². The molecule has 2 rings (SSSR count). The van der Waals surface area contributed by atoms with Gasteiger partial charge in [0.05, 0.1) is 11.2 Å². The van der Waals surface area contributed by atoms with Gasteiger partial charge in [0.25, 0.3) is 0 Å². The highest BCUT2D eigenvalue weighted by molar-refractivity contribution is 5.82. The number of halogens is 3. The normalized spacial score (nSPS) is 21.6. The van der Waals surface area contributed by atoms with E-state index in [-0.39, 0.29) is 24.3 Å². The number of hydrogen-bond donors (Lipinski definition) is 1. The molecule has 1 N–H and O–H groups in total. The predicted octanol–water partition coefficient (Wildman–Crippen LogP) is 3.04. The summed E-state index contributed by atoms with van der Waals surface area (Å²) in [6.07, 6.45) is -3.70. The van der Waals surface area contributed by atoms with E-state index in [1.807, 2.05) is 0 Å². The van der Waals surface area contributed by atoms with Crippen LogP contribution in [0.4, 0.5) is 13.2 Å². The quantitative estimate of drug-likeness (QED) is 0.928. The van der Waals surface area contributed by atoms with Gasteiger partial charge in [0, 0.05) is 19.5 Å². The molecule has 2 unspecified atom stereocenters. The van der Waals surface area contributed by atoms with Gasteiger partial charge >= 0.3 is 6.18 Å². The van der Waals surface area contributed by atoms with Crippen LogP contribution in [0.5, 0.6) is 0 Å². The molecule has 1 aromatic carbocycles. The Morgan fingerprint density at radius 1 is 1.27 bits per heavy atom. The van der Waals surface area contributed by atoms with Crippen molar-refractivity contribution in [3.05, 3.63) is 35.4 Å². The third-order valence-corrected chi connectivity index (χ3v) is 3.77. The van der Waals surface area contributed by atoms with Crippen molar-refractivity contribution in [2.24, 2.45) is 5.92 Å². The van der Waals surface area contributed by atoms with Gasteiger partial charge in [0.15, 0.2) is 0 Å². The number of hydrogen-bond acceptors (Lipinski definition) is 2. The zero-order valence-electron chi connectivity index (χ0n) is 12.8. The summed E-state index contributed by atoms with van der Waals surface area (Å²) in [6.45, 7) is 3.47. The third-order valence-electron chi connectivity index (χ3n) is 3.77. The Kier molecular flexibility index (Phi) is 4.26. The Labute approximate surface area is 127 Å². The van der Waals surface area contributed by atoms with Crippen molar-refractivity contribution in [3.8, 4) is 0 Å². The van der Waals surface area contributed by atoms with Crippen molar-refractivity contribution < 1.29 is 23.1 Å². The molecule has 0 heterocycles. The van der Waals surface area contributed by atoms with Crippen LogP contribution in [-0.2, 0) is 11.0 Å². The van der Waals surface area contributed by atoms with Gasteiger partial charge in [-0.15, -0.1) is 0 Å². The average Bonchev–Trinajstić information content (AvgIpc) is 3.15. The summed E-state index contributed by atoms with van der Waals surface area (Å²) < 4.78 is 37.6.